The minimum atomic E-state index is -0.427. The molecule has 1 aromatic carbocycles. The summed E-state index contributed by atoms with van der Waals surface area (Å²) in [5, 5.41) is 14.8. The number of carbonyl (C=O) groups excluding carboxylic acids is 1. The van der Waals surface area contributed by atoms with Crippen molar-refractivity contribution in [1.29, 1.82) is 0 Å². The predicted molar refractivity (Wildman–Crippen MR) is 170 cm³/mol. The number of fused-ring (bicyclic) bond motifs is 7. The maximum atomic E-state index is 14.3. The van der Waals surface area contributed by atoms with Gasteiger partial charge in [-0.3, -0.25) is 4.79 Å². The summed E-state index contributed by atoms with van der Waals surface area (Å²) in [6, 6.07) is 10.4. The highest BCUT2D eigenvalue weighted by atomic mass is 16.5. The Balaban J connectivity index is 1.37. The van der Waals surface area contributed by atoms with E-state index in [4.69, 9.17) is 4.74 Å². The number of amides is 1. The van der Waals surface area contributed by atoms with Gasteiger partial charge in [0.1, 0.15) is 0 Å². The van der Waals surface area contributed by atoms with E-state index in [9.17, 15) is 9.90 Å². The van der Waals surface area contributed by atoms with Crippen LogP contribution < -0.4 is 5.32 Å². The van der Waals surface area contributed by atoms with Crippen molar-refractivity contribution in [1.82, 2.24) is 5.32 Å². The van der Waals surface area contributed by atoms with Crippen LogP contribution in [0.15, 0.2) is 42.0 Å². The van der Waals surface area contributed by atoms with Crippen molar-refractivity contribution in [2.45, 2.75) is 125 Å². The Kier molecular flexibility index (Phi) is 7.18. The zero-order valence-electron chi connectivity index (χ0n) is 27.7. The smallest absolute Gasteiger partial charge is 0.227 e. The number of benzene rings is 1. The number of allylic oxidation sites excluding steroid dienone is 2. The molecule has 4 saturated carbocycles. The predicted octanol–water partition coefficient (Wildman–Crippen LogP) is 8.09. The van der Waals surface area contributed by atoms with Gasteiger partial charge in [0.2, 0.25) is 5.91 Å². The molecule has 4 nitrogen and oxygen atoms in total. The van der Waals surface area contributed by atoms with Gasteiger partial charge in [-0.25, -0.2) is 0 Å². The first-order valence-corrected chi connectivity index (χ1v) is 16.9. The summed E-state index contributed by atoms with van der Waals surface area (Å²) < 4.78 is 5.98. The molecule has 4 fully saturated rings. The third kappa shape index (κ3) is 4.16. The van der Waals surface area contributed by atoms with Crippen LogP contribution in [-0.2, 0) is 16.1 Å². The summed E-state index contributed by atoms with van der Waals surface area (Å²) in [5.41, 5.74) is 2.88. The largest absolute Gasteiger partial charge is 0.390 e. The topological polar surface area (TPSA) is 58.6 Å². The fraction of sp³-hybridized carbons (Fsp3) is 0.763. The molecule has 0 unspecified atom stereocenters. The molecule has 1 amide bonds. The van der Waals surface area contributed by atoms with E-state index in [0.29, 0.717) is 24.3 Å². The van der Waals surface area contributed by atoms with Crippen LogP contribution >= 0.6 is 0 Å². The fourth-order valence-electron chi connectivity index (χ4n) is 11.9. The molecule has 232 valence electrons. The molecule has 0 heterocycles. The highest BCUT2D eigenvalue weighted by Crippen LogP contribution is 2.75. The fourth-order valence-corrected chi connectivity index (χ4v) is 11.9. The molecule has 1 aromatic rings. The molecule has 0 aliphatic heterocycles. The average Bonchev–Trinajstić information content (AvgIpc) is 2.94. The number of hydrogen-bond donors (Lipinski definition) is 2. The quantitative estimate of drug-likeness (QED) is 0.357. The van der Waals surface area contributed by atoms with Crippen molar-refractivity contribution >= 4 is 5.91 Å². The van der Waals surface area contributed by atoms with Gasteiger partial charge in [0.05, 0.1) is 17.6 Å². The zero-order chi connectivity index (χ0) is 30.3. The van der Waals surface area contributed by atoms with Crippen molar-refractivity contribution in [3.05, 3.63) is 47.5 Å². The zero-order valence-corrected chi connectivity index (χ0v) is 27.7. The van der Waals surface area contributed by atoms with Crippen LogP contribution in [0.1, 0.15) is 112 Å². The van der Waals surface area contributed by atoms with Crippen molar-refractivity contribution in [2.24, 2.45) is 50.2 Å². The van der Waals surface area contributed by atoms with Gasteiger partial charge in [0.15, 0.2) is 0 Å². The Morgan fingerprint density at radius 1 is 0.929 bits per heavy atom. The van der Waals surface area contributed by atoms with Gasteiger partial charge in [-0.2, -0.15) is 0 Å². The molecule has 2 N–H and O–H groups in total. The number of carbonyl (C=O) groups is 1. The van der Waals surface area contributed by atoms with Crippen molar-refractivity contribution in [3.63, 3.8) is 0 Å². The normalized spacial score (nSPS) is 45.4. The standard InChI is InChI=1S/C38H57NO3/c1-33(2)18-20-38(32(41)39-24-25-12-10-9-11-13-25)21-19-36(6)26(27(38)22-33)14-15-30-35(5)23-28(42-8)31(40)34(3,4)29(35)16-17-37(30,36)7/h9-14,27-31,40H,15-24H2,1-8H3,(H,39,41)/t27-,28+,29-,30+,31-,35-,36+,37+,38-/m0/s1. The van der Waals surface area contributed by atoms with Gasteiger partial charge < -0.3 is 15.2 Å². The van der Waals surface area contributed by atoms with E-state index in [2.05, 4.69) is 84.1 Å². The number of nitrogens with one attached hydrogen (secondary N) is 1. The summed E-state index contributed by atoms with van der Waals surface area (Å²) in [5.74, 6) is 1.60. The van der Waals surface area contributed by atoms with Crippen LogP contribution in [0.3, 0.4) is 0 Å². The number of aliphatic hydroxyl groups is 1. The molecule has 0 saturated heterocycles. The second-order valence-electron chi connectivity index (χ2n) is 17.3. The van der Waals surface area contributed by atoms with Crippen LogP contribution in [0.4, 0.5) is 0 Å². The maximum absolute atomic E-state index is 14.3. The van der Waals surface area contributed by atoms with Gasteiger partial charge in [0, 0.05) is 13.7 Å². The first kappa shape index (κ1) is 30.4. The summed E-state index contributed by atoms with van der Waals surface area (Å²) in [6.07, 6.45) is 11.7. The molecule has 5 aliphatic rings. The molecule has 0 bridgehead atoms. The SMILES string of the molecule is CO[C@@H]1C[C@]2(C)[C@H]3CC=C4[C@@H]5CC(C)(C)CC[C@]5(C(=O)NCc5ccccc5)CC[C@@]4(C)[C@]3(C)CC[C@H]2C(C)(C)[C@H]1O. The van der Waals surface area contributed by atoms with Crippen LogP contribution in [0.25, 0.3) is 0 Å². The summed E-state index contributed by atoms with van der Waals surface area (Å²) in [4.78, 5) is 14.3. The lowest BCUT2D eigenvalue weighted by Gasteiger charge is -2.71. The molecule has 0 aromatic heterocycles. The molecular formula is C38H57NO3. The van der Waals surface area contributed by atoms with Crippen molar-refractivity contribution in [2.75, 3.05) is 7.11 Å². The Hall–Kier alpha value is -1.65. The number of hydrogen-bond acceptors (Lipinski definition) is 3. The minimum Gasteiger partial charge on any atom is -0.390 e. The second kappa shape index (κ2) is 9.93. The Morgan fingerprint density at radius 3 is 2.31 bits per heavy atom. The van der Waals surface area contributed by atoms with Crippen LogP contribution in [0.2, 0.25) is 0 Å². The number of aliphatic hydroxyl groups excluding tert-OH is 1. The van der Waals surface area contributed by atoms with E-state index in [1.807, 2.05) is 6.07 Å². The van der Waals surface area contributed by atoms with Crippen LogP contribution in [0.5, 0.6) is 0 Å². The summed E-state index contributed by atoms with van der Waals surface area (Å²) in [6.45, 7) is 17.8. The third-order valence-corrected chi connectivity index (χ3v) is 14.6. The molecule has 0 radical (unpaired) electrons. The van der Waals surface area contributed by atoms with E-state index in [1.54, 1.807) is 12.7 Å². The van der Waals surface area contributed by atoms with Gasteiger partial charge in [-0.05, 0) is 108 Å². The first-order chi connectivity index (χ1) is 19.6. The van der Waals surface area contributed by atoms with Crippen LogP contribution in [-0.4, -0.2) is 30.3 Å². The van der Waals surface area contributed by atoms with Gasteiger partial charge in [-0.15, -0.1) is 0 Å². The summed E-state index contributed by atoms with van der Waals surface area (Å²) in [7, 11) is 1.78. The Labute approximate surface area is 255 Å². The molecular weight excluding hydrogens is 518 g/mol. The van der Waals surface area contributed by atoms with Crippen molar-refractivity contribution in [3.8, 4) is 0 Å². The number of ether oxygens (including phenoxy) is 1. The van der Waals surface area contributed by atoms with Crippen molar-refractivity contribution < 1.29 is 14.6 Å². The Morgan fingerprint density at radius 2 is 1.62 bits per heavy atom. The lowest BCUT2D eigenvalue weighted by molar-refractivity contribution is -0.235. The van der Waals surface area contributed by atoms with E-state index in [0.717, 1.165) is 51.4 Å². The minimum absolute atomic E-state index is 0.0773. The molecule has 4 heteroatoms. The average molecular weight is 576 g/mol. The molecule has 6 rings (SSSR count). The van der Waals surface area contributed by atoms with Crippen LogP contribution in [0, 0.1) is 50.2 Å². The van der Waals surface area contributed by atoms with E-state index in [-0.39, 0.29) is 44.5 Å². The third-order valence-electron chi connectivity index (χ3n) is 14.6. The molecule has 5 aliphatic carbocycles. The van der Waals surface area contributed by atoms with Gasteiger partial charge in [0.25, 0.3) is 0 Å². The molecule has 42 heavy (non-hydrogen) atoms. The summed E-state index contributed by atoms with van der Waals surface area (Å²) >= 11 is 0. The lowest BCUT2D eigenvalue weighted by Crippen LogP contribution is -2.67. The highest BCUT2D eigenvalue weighted by molar-refractivity contribution is 5.84. The highest BCUT2D eigenvalue weighted by Gasteiger charge is 2.70. The van der Waals surface area contributed by atoms with Gasteiger partial charge in [-0.1, -0.05) is 90.4 Å². The molecule has 9 atom stereocenters. The number of methoxy groups -OCH3 is 1. The second-order valence-corrected chi connectivity index (χ2v) is 17.3. The van der Waals surface area contributed by atoms with E-state index < -0.39 is 6.10 Å². The first-order valence-electron chi connectivity index (χ1n) is 16.9. The lowest BCUT2D eigenvalue weighted by atomic mass is 9.33. The monoisotopic (exact) mass is 575 g/mol. The maximum Gasteiger partial charge on any atom is 0.227 e. The van der Waals surface area contributed by atoms with E-state index in [1.165, 1.54) is 12.0 Å². The Bertz CT molecular complexity index is 1240. The van der Waals surface area contributed by atoms with Gasteiger partial charge >= 0.3 is 0 Å². The number of rotatable bonds is 4. The van der Waals surface area contributed by atoms with E-state index >= 15 is 0 Å². The molecule has 0 spiro atoms.